The van der Waals surface area contributed by atoms with Crippen LogP contribution >= 0.6 is 0 Å². The number of nitriles is 1. The van der Waals surface area contributed by atoms with Crippen molar-refractivity contribution in [2.75, 3.05) is 0 Å². The van der Waals surface area contributed by atoms with Crippen molar-refractivity contribution in [3.63, 3.8) is 0 Å². The molecule has 0 heterocycles. The number of rotatable bonds is 2. The molecule has 74 valence electrons. The predicted molar refractivity (Wildman–Crippen MR) is 57.7 cm³/mol. The summed E-state index contributed by atoms with van der Waals surface area (Å²) in [7, 11) is 0. The molecule has 0 radical (unpaired) electrons. The second-order valence-electron chi connectivity index (χ2n) is 4.37. The van der Waals surface area contributed by atoms with Gasteiger partial charge in [0.15, 0.2) is 0 Å². The minimum absolute atomic E-state index is 0.0454. The van der Waals surface area contributed by atoms with Crippen molar-refractivity contribution in [3.8, 4) is 6.07 Å². The highest BCUT2D eigenvalue weighted by Crippen LogP contribution is 2.15. The first kappa shape index (κ1) is 10.7. The van der Waals surface area contributed by atoms with Gasteiger partial charge in [0.2, 0.25) is 0 Å². The molecular weight excluding hydrogens is 172 g/mol. The molecule has 0 aliphatic carbocycles. The van der Waals surface area contributed by atoms with Gasteiger partial charge in [0.25, 0.3) is 0 Å². The van der Waals surface area contributed by atoms with E-state index >= 15 is 0 Å². The van der Waals surface area contributed by atoms with Gasteiger partial charge in [-0.15, -0.1) is 0 Å². The molecule has 0 spiro atoms. The van der Waals surface area contributed by atoms with Crippen molar-refractivity contribution in [2.45, 2.75) is 32.4 Å². The summed E-state index contributed by atoms with van der Waals surface area (Å²) in [4.78, 5) is 0. The van der Waals surface area contributed by atoms with Crippen LogP contribution in [-0.2, 0) is 0 Å². The molecule has 0 bridgehead atoms. The lowest BCUT2D eigenvalue weighted by molar-refractivity contribution is 0.400. The highest BCUT2D eigenvalue weighted by atomic mass is 15.0. The van der Waals surface area contributed by atoms with Crippen molar-refractivity contribution < 1.29 is 0 Å². The Morgan fingerprint density at radius 1 is 1.21 bits per heavy atom. The Bertz CT molecular complexity index is 316. The monoisotopic (exact) mass is 188 g/mol. The van der Waals surface area contributed by atoms with E-state index in [1.807, 2.05) is 30.3 Å². The van der Waals surface area contributed by atoms with Gasteiger partial charge in [-0.3, -0.25) is 5.32 Å². The third-order valence-corrected chi connectivity index (χ3v) is 1.84. The summed E-state index contributed by atoms with van der Waals surface area (Å²) in [6, 6.07) is 11.8. The Labute approximate surface area is 85.6 Å². The van der Waals surface area contributed by atoms with Crippen LogP contribution in [0, 0.1) is 11.3 Å². The number of nitrogens with zero attached hydrogens (tertiary/aromatic N) is 1. The molecule has 0 unspecified atom stereocenters. The van der Waals surface area contributed by atoms with Crippen molar-refractivity contribution in [3.05, 3.63) is 35.9 Å². The van der Waals surface area contributed by atoms with Gasteiger partial charge >= 0.3 is 0 Å². The van der Waals surface area contributed by atoms with E-state index in [2.05, 4.69) is 32.2 Å². The van der Waals surface area contributed by atoms with Gasteiger partial charge in [0, 0.05) is 5.54 Å². The maximum Gasteiger partial charge on any atom is 0.121 e. The molecule has 1 N–H and O–H groups in total. The summed E-state index contributed by atoms with van der Waals surface area (Å²) in [5, 5.41) is 12.3. The van der Waals surface area contributed by atoms with Crippen LogP contribution in [0.15, 0.2) is 30.3 Å². The smallest absolute Gasteiger partial charge is 0.121 e. The van der Waals surface area contributed by atoms with Gasteiger partial charge in [-0.1, -0.05) is 30.3 Å². The Morgan fingerprint density at radius 3 is 2.21 bits per heavy atom. The van der Waals surface area contributed by atoms with Gasteiger partial charge in [-0.2, -0.15) is 5.26 Å². The molecule has 1 aromatic rings. The molecule has 2 nitrogen and oxygen atoms in total. The summed E-state index contributed by atoms with van der Waals surface area (Å²) >= 11 is 0. The predicted octanol–water partition coefficient (Wildman–Crippen LogP) is 2.64. The van der Waals surface area contributed by atoms with E-state index in [0.717, 1.165) is 5.56 Å². The molecule has 2 heteroatoms. The maximum atomic E-state index is 9.03. The zero-order chi connectivity index (χ0) is 10.6. The lowest BCUT2D eigenvalue weighted by Crippen LogP contribution is -2.38. The number of nitrogens with one attached hydrogen (secondary N) is 1. The minimum atomic E-state index is -0.226. The van der Waals surface area contributed by atoms with Crippen LogP contribution in [0.2, 0.25) is 0 Å². The largest absolute Gasteiger partial charge is 0.293 e. The fourth-order valence-electron chi connectivity index (χ4n) is 1.27. The average Bonchev–Trinajstić information content (AvgIpc) is 2.14. The topological polar surface area (TPSA) is 35.8 Å². The number of hydrogen-bond donors (Lipinski definition) is 1. The van der Waals surface area contributed by atoms with Gasteiger partial charge in [-0.05, 0) is 26.3 Å². The van der Waals surface area contributed by atoms with Crippen LogP contribution < -0.4 is 5.32 Å². The zero-order valence-corrected chi connectivity index (χ0v) is 8.91. The van der Waals surface area contributed by atoms with E-state index < -0.39 is 0 Å². The van der Waals surface area contributed by atoms with Gasteiger partial charge in [0.1, 0.15) is 6.04 Å². The first-order valence-electron chi connectivity index (χ1n) is 4.75. The molecule has 0 saturated carbocycles. The second kappa shape index (κ2) is 4.26. The lowest BCUT2D eigenvalue weighted by Gasteiger charge is -2.24. The van der Waals surface area contributed by atoms with Crippen LogP contribution in [0.3, 0.4) is 0 Å². The normalized spacial score (nSPS) is 13.3. The molecule has 0 aliphatic rings. The van der Waals surface area contributed by atoms with E-state index in [4.69, 9.17) is 5.26 Å². The molecule has 0 saturated heterocycles. The highest BCUT2D eigenvalue weighted by molar-refractivity contribution is 5.24. The first-order valence-corrected chi connectivity index (χ1v) is 4.75. The summed E-state index contributed by atoms with van der Waals surface area (Å²) in [6.07, 6.45) is 0. The zero-order valence-electron chi connectivity index (χ0n) is 8.91. The number of hydrogen-bond acceptors (Lipinski definition) is 2. The van der Waals surface area contributed by atoms with Gasteiger partial charge in [0.05, 0.1) is 6.07 Å². The first-order chi connectivity index (χ1) is 6.53. The summed E-state index contributed by atoms with van der Waals surface area (Å²) in [5.74, 6) is 0. The van der Waals surface area contributed by atoms with E-state index in [1.165, 1.54) is 0 Å². The van der Waals surface area contributed by atoms with E-state index in [0.29, 0.717) is 0 Å². The van der Waals surface area contributed by atoms with Crippen LogP contribution in [-0.4, -0.2) is 5.54 Å². The molecule has 1 aromatic carbocycles. The third-order valence-electron chi connectivity index (χ3n) is 1.84. The fourth-order valence-corrected chi connectivity index (χ4v) is 1.27. The molecule has 1 rings (SSSR count). The van der Waals surface area contributed by atoms with Gasteiger partial charge in [-0.25, -0.2) is 0 Å². The van der Waals surface area contributed by atoms with Crippen molar-refractivity contribution >= 4 is 0 Å². The SMILES string of the molecule is CC(C)(C)N[C@H](C#N)c1ccccc1. The quantitative estimate of drug-likeness (QED) is 0.774. The van der Waals surface area contributed by atoms with Crippen molar-refractivity contribution in [1.82, 2.24) is 5.32 Å². The Morgan fingerprint density at radius 2 is 1.79 bits per heavy atom. The van der Waals surface area contributed by atoms with Crippen LogP contribution in [0.5, 0.6) is 0 Å². The molecular formula is C12H16N2. The molecule has 0 fully saturated rings. The molecule has 0 amide bonds. The Hall–Kier alpha value is -1.33. The van der Waals surface area contributed by atoms with E-state index in [1.54, 1.807) is 0 Å². The molecule has 0 aliphatic heterocycles. The Kier molecular flexibility index (Phi) is 3.27. The third kappa shape index (κ3) is 3.20. The summed E-state index contributed by atoms with van der Waals surface area (Å²) in [5.41, 5.74) is 0.973. The second-order valence-corrected chi connectivity index (χ2v) is 4.37. The number of benzene rings is 1. The van der Waals surface area contributed by atoms with Crippen molar-refractivity contribution in [1.29, 1.82) is 5.26 Å². The molecule has 1 atom stereocenters. The van der Waals surface area contributed by atoms with E-state index in [-0.39, 0.29) is 11.6 Å². The van der Waals surface area contributed by atoms with Crippen LogP contribution in [0.25, 0.3) is 0 Å². The molecule has 14 heavy (non-hydrogen) atoms. The fraction of sp³-hybridized carbons (Fsp3) is 0.417. The maximum absolute atomic E-state index is 9.03. The summed E-state index contributed by atoms with van der Waals surface area (Å²) < 4.78 is 0. The minimum Gasteiger partial charge on any atom is -0.293 e. The lowest BCUT2D eigenvalue weighted by atomic mass is 10.0. The molecule has 0 aromatic heterocycles. The average molecular weight is 188 g/mol. The van der Waals surface area contributed by atoms with Crippen LogP contribution in [0.1, 0.15) is 32.4 Å². The standard InChI is InChI=1S/C12H16N2/c1-12(2,3)14-11(9-13)10-7-5-4-6-8-10/h4-8,11,14H,1-3H3/t11-/m1/s1. The van der Waals surface area contributed by atoms with Crippen molar-refractivity contribution in [2.24, 2.45) is 0 Å². The van der Waals surface area contributed by atoms with Crippen LogP contribution in [0.4, 0.5) is 0 Å². The van der Waals surface area contributed by atoms with E-state index in [9.17, 15) is 0 Å². The highest BCUT2D eigenvalue weighted by Gasteiger charge is 2.17. The Balaban J connectivity index is 2.80. The van der Waals surface area contributed by atoms with Gasteiger partial charge < -0.3 is 0 Å². The summed E-state index contributed by atoms with van der Waals surface area (Å²) in [6.45, 7) is 6.17.